The van der Waals surface area contributed by atoms with E-state index in [1.54, 1.807) is 25.2 Å². The van der Waals surface area contributed by atoms with Crippen molar-refractivity contribution in [2.75, 3.05) is 12.4 Å². The zero-order chi connectivity index (χ0) is 13.0. The number of anilines is 1. The third-order valence-corrected chi connectivity index (χ3v) is 2.10. The standard InChI is InChI=1S/C11H10N4O3/c1-12-11-13-6-5-10(14-11)18-9-4-2-3-8(7-9)15(16)17/h2-7H,1H3,(H,12,13,14). The Bertz CT molecular complexity index is 574. The highest BCUT2D eigenvalue weighted by Gasteiger charge is 2.07. The van der Waals surface area contributed by atoms with E-state index in [1.807, 2.05) is 0 Å². The van der Waals surface area contributed by atoms with Crippen LogP contribution in [0.1, 0.15) is 0 Å². The predicted molar refractivity (Wildman–Crippen MR) is 64.7 cm³/mol. The molecule has 0 saturated heterocycles. The summed E-state index contributed by atoms with van der Waals surface area (Å²) in [5.74, 6) is 1.08. The molecular formula is C11H10N4O3. The van der Waals surface area contributed by atoms with Crippen molar-refractivity contribution in [3.8, 4) is 11.6 Å². The van der Waals surface area contributed by atoms with Crippen molar-refractivity contribution in [2.24, 2.45) is 0 Å². The lowest BCUT2D eigenvalue weighted by atomic mass is 10.3. The van der Waals surface area contributed by atoms with Crippen molar-refractivity contribution in [1.29, 1.82) is 0 Å². The molecule has 1 heterocycles. The molecule has 92 valence electrons. The Morgan fingerprint density at radius 2 is 2.22 bits per heavy atom. The zero-order valence-corrected chi connectivity index (χ0v) is 9.53. The van der Waals surface area contributed by atoms with E-state index >= 15 is 0 Å². The molecule has 0 atom stereocenters. The molecule has 0 amide bonds. The highest BCUT2D eigenvalue weighted by molar-refractivity contribution is 5.40. The molecule has 0 unspecified atom stereocenters. The summed E-state index contributed by atoms with van der Waals surface area (Å²) in [5.41, 5.74) is -0.0320. The second kappa shape index (κ2) is 5.09. The number of nitrogens with one attached hydrogen (secondary N) is 1. The van der Waals surface area contributed by atoms with Crippen molar-refractivity contribution in [2.45, 2.75) is 0 Å². The summed E-state index contributed by atoms with van der Waals surface area (Å²) in [6, 6.07) is 7.47. The van der Waals surface area contributed by atoms with Gasteiger partial charge in [0.15, 0.2) is 0 Å². The van der Waals surface area contributed by atoms with E-state index in [9.17, 15) is 10.1 Å². The van der Waals surface area contributed by atoms with E-state index < -0.39 is 4.92 Å². The number of non-ortho nitro benzene ring substituents is 1. The smallest absolute Gasteiger partial charge is 0.273 e. The molecule has 7 heteroatoms. The Morgan fingerprint density at radius 3 is 2.94 bits per heavy atom. The van der Waals surface area contributed by atoms with Gasteiger partial charge in [-0.25, -0.2) is 4.98 Å². The van der Waals surface area contributed by atoms with Crippen LogP contribution in [-0.4, -0.2) is 21.9 Å². The first-order valence-corrected chi connectivity index (χ1v) is 5.12. The summed E-state index contributed by atoms with van der Waals surface area (Å²) >= 11 is 0. The largest absolute Gasteiger partial charge is 0.439 e. The highest BCUT2D eigenvalue weighted by atomic mass is 16.6. The molecule has 18 heavy (non-hydrogen) atoms. The minimum absolute atomic E-state index is 0.0320. The minimum Gasteiger partial charge on any atom is -0.439 e. The van der Waals surface area contributed by atoms with Crippen LogP contribution >= 0.6 is 0 Å². The Kier molecular flexibility index (Phi) is 3.33. The Hall–Kier alpha value is -2.70. The minimum atomic E-state index is -0.480. The fraction of sp³-hybridized carbons (Fsp3) is 0.0909. The SMILES string of the molecule is CNc1nccc(Oc2cccc([N+](=O)[O-])c2)n1. The maximum absolute atomic E-state index is 10.6. The third kappa shape index (κ3) is 2.70. The Labute approximate surface area is 103 Å². The van der Waals surface area contributed by atoms with Crippen LogP contribution in [0.4, 0.5) is 11.6 Å². The number of nitro benzene ring substituents is 1. The van der Waals surface area contributed by atoms with Gasteiger partial charge in [-0.3, -0.25) is 10.1 Å². The number of ether oxygens (including phenoxy) is 1. The second-order valence-corrected chi connectivity index (χ2v) is 3.33. The number of benzene rings is 1. The van der Waals surface area contributed by atoms with Gasteiger partial charge in [0.25, 0.3) is 5.69 Å². The first-order valence-electron chi connectivity index (χ1n) is 5.12. The van der Waals surface area contributed by atoms with E-state index in [2.05, 4.69) is 15.3 Å². The van der Waals surface area contributed by atoms with Crippen LogP contribution in [0.3, 0.4) is 0 Å². The van der Waals surface area contributed by atoms with Gasteiger partial charge in [-0.05, 0) is 6.07 Å². The van der Waals surface area contributed by atoms with Crippen molar-refractivity contribution in [3.63, 3.8) is 0 Å². The maximum Gasteiger partial charge on any atom is 0.273 e. The number of aromatic nitrogens is 2. The van der Waals surface area contributed by atoms with E-state index in [-0.39, 0.29) is 5.69 Å². The Balaban J connectivity index is 2.22. The lowest BCUT2D eigenvalue weighted by Gasteiger charge is -2.05. The zero-order valence-electron chi connectivity index (χ0n) is 9.53. The summed E-state index contributed by atoms with van der Waals surface area (Å²) in [4.78, 5) is 18.1. The van der Waals surface area contributed by atoms with Crippen LogP contribution in [0.2, 0.25) is 0 Å². The summed E-state index contributed by atoms with van der Waals surface area (Å²) in [7, 11) is 1.69. The van der Waals surface area contributed by atoms with Crippen molar-refractivity contribution in [1.82, 2.24) is 9.97 Å². The molecule has 1 N–H and O–H groups in total. The van der Waals surface area contributed by atoms with E-state index in [4.69, 9.17) is 4.74 Å². The molecule has 2 rings (SSSR count). The molecule has 0 aliphatic heterocycles. The molecule has 7 nitrogen and oxygen atoms in total. The highest BCUT2D eigenvalue weighted by Crippen LogP contribution is 2.23. The lowest BCUT2D eigenvalue weighted by Crippen LogP contribution is -1.97. The first kappa shape index (κ1) is 11.8. The number of rotatable bonds is 4. The van der Waals surface area contributed by atoms with E-state index in [1.165, 1.54) is 18.3 Å². The predicted octanol–water partition coefficient (Wildman–Crippen LogP) is 2.22. The normalized spacial score (nSPS) is 9.83. The van der Waals surface area contributed by atoms with Crippen LogP contribution in [-0.2, 0) is 0 Å². The van der Waals surface area contributed by atoms with Crippen molar-refractivity contribution < 1.29 is 9.66 Å². The van der Waals surface area contributed by atoms with Crippen molar-refractivity contribution >= 4 is 11.6 Å². The van der Waals surface area contributed by atoms with Gasteiger partial charge in [-0.2, -0.15) is 4.98 Å². The molecule has 2 aromatic rings. The second-order valence-electron chi connectivity index (χ2n) is 3.33. The fourth-order valence-corrected chi connectivity index (χ4v) is 1.30. The molecule has 0 bridgehead atoms. The summed E-state index contributed by atoms with van der Waals surface area (Å²) in [5, 5.41) is 13.4. The molecule has 0 aliphatic rings. The van der Waals surface area contributed by atoms with E-state index in [0.29, 0.717) is 17.6 Å². The number of nitrogens with zero attached hydrogens (tertiary/aromatic N) is 3. The molecule has 0 spiro atoms. The summed E-state index contributed by atoms with van der Waals surface area (Å²) in [6.07, 6.45) is 1.53. The molecule has 0 aliphatic carbocycles. The maximum atomic E-state index is 10.6. The monoisotopic (exact) mass is 246 g/mol. The molecule has 0 saturated carbocycles. The van der Waals surface area contributed by atoms with E-state index in [0.717, 1.165) is 0 Å². The fourth-order valence-electron chi connectivity index (χ4n) is 1.30. The van der Waals surface area contributed by atoms with Gasteiger partial charge in [0.2, 0.25) is 11.8 Å². The third-order valence-electron chi connectivity index (χ3n) is 2.10. The average Bonchev–Trinajstić information content (AvgIpc) is 2.39. The van der Waals surface area contributed by atoms with Gasteiger partial charge in [0, 0.05) is 25.4 Å². The summed E-state index contributed by atoms with van der Waals surface area (Å²) in [6.45, 7) is 0. The van der Waals surface area contributed by atoms with Crippen molar-refractivity contribution in [3.05, 3.63) is 46.6 Å². The van der Waals surface area contributed by atoms with Crippen LogP contribution < -0.4 is 10.1 Å². The van der Waals surface area contributed by atoms with Gasteiger partial charge < -0.3 is 10.1 Å². The number of hydrogen-bond donors (Lipinski definition) is 1. The van der Waals surface area contributed by atoms with Gasteiger partial charge in [-0.1, -0.05) is 6.07 Å². The van der Waals surface area contributed by atoms with Crippen LogP contribution in [0.5, 0.6) is 11.6 Å². The molecule has 0 fully saturated rings. The average molecular weight is 246 g/mol. The van der Waals surface area contributed by atoms with Gasteiger partial charge in [-0.15, -0.1) is 0 Å². The van der Waals surface area contributed by atoms with Crippen LogP contribution in [0.25, 0.3) is 0 Å². The van der Waals surface area contributed by atoms with Crippen LogP contribution in [0, 0.1) is 10.1 Å². The number of nitro groups is 1. The van der Waals surface area contributed by atoms with Crippen LogP contribution in [0.15, 0.2) is 36.5 Å². The van der Waals surface area contributed by atoms with Gasteiger partial charge >= 0.3 is 0 Å². The number of hydrogen-bond acceptors (Lipinski definition) is 6. The topological polar surface area (TPSA) is 90.2 Å². The molecule has 1 aromatic carbocycles. The molecule has 1 aromatic heterocycles. The van der Waals surface area contributed by atoms with Gasteiger partial charge in [0.05, 0.1) is 11.0 Å². The molecular weight excluding hydrogens is 236 g/mol. The quantitative estimate of drug-likeness (QED) is 0.657. The first-order chi connectivity index (χ1) is 8.69. The lowest BCUT2D eigenvalue weighted by molar-refractivity contribution is -0.384. The Morgan fingerprint density at radius 1 is 1.39 bits per heavy atom. The molecule has 0 radical (unpaired) electrons. The van der Waals surface area contributed by atoms with Gasteiger partial charge in [0.1, 0.15) is 5.75 Å². The summed E-state index contributed by atoms with van der Waals surface area (Å²) < 4.78 is 5.42.